The summed E-state index contributed by atoms with van der Waals surface area (Å²) in [4.78, 5) is 2.63. The zero-order chi connectivity index (χ0) is 12.6. The highest BCUT2D eigenvalue weighted by atomic mass is 32.2. The van der Waals surface area contributed by atoms with Crippen LogP contribution in [0.25, 0.3) is 10.8 Å². The van der Waals surface area contributed by atoms with Gasteiger partial charge in [-0.3, -0.25) is 5.14 Å². The Kier molecular flexibility index (Phi) is 2.85. The van der Waals surface area contributed by atoms with Crippen LogP contribution in [0.1, 0.15) is 0 Å². The first-order valence-electron chi connectivity index (χ1n) is 5.25. The van der Waals surface area contributed by atoms with Gasteiger partial charge < -0.3 is 4.90 Å². The molecule has 17 heavy (non-hydrogen) atoms. The SMILES string of the molecule is C=S(N)(=O)c1cccc2c(N(C)C)cccc12. The van der Waals surface area contributed by atoms with Gasteiger partial charge in [-0.15, -0.1) is 0 Å². The molecule has 0 spiro atoms. The smallest absolute Gasteiger partial charge is 0.0521 e. The minimum atomic E-state index is -2.69. The summed E-state index contributed by atoms with van der Waals surface area (Å²) in [7, 11) is 1.26. The topological polar surface area (TPSA) is 46.3 Å². The molecular formula is C13H16N2OS. The Morgan fingerprint density at radius 3 is 2.29 bits per heavy atom. The normalized spacial score (nSPS) is 14.5. The monoisotopic (exact) mass is 248 g/mol. The lowest BCUT2D eigenvalue weighted by atomic mass is 10.1. The summed E-state index contributed by atoms with van der Waals surface area (Å²) in [6, 6.07) is 11.5. The van der Waals surface area contributed by atoms with E-state index in [1.165, 1.54) is 0 Å². The van der Waals surface area contributed by atoms with Crippen molar-refractivity contribution in [3.63, 3.8) is 0 Å². The zero-order valence-electron chi connectivity index (χ0n) is 10.0. The maximum absolute atomic E-state index is 11.9. The highest BCUT2D eigenvalue weighted by Gasteiger charge is 2.09. The van der Waals surface area contributed by atoms with Crippen LogP contribution in [0, 0.1) is 0 Å². The van der Waals surface area contributed by atoms with Gasteiger partial charge in [-0.2, -0.15) is 0 Å². The molecule has 2 aromatic carbocycles. The van der Waals surface area contributed by atoms with E-state index in [9.17, 15) is 4.21 Å². The molecule has 0 saturated heterocycles. The molecule has 0 radical (unpaired) electrons. The summed E-state index contributed by atoms with van der Waals surface area (Å²) in [5.41, 5.74) is 1.08. The molecule has 4 heteroatoms. The van der Waals surface area contributed by atoms with Gasteiger partial charge in [0.05, 0.1) is 14.6 Å². The first-order chi connectivity index (χ1) is 7.91. The van der Waals surface area contributed by atoms with Crippen LogP contribution in [-0.2, 0) is 9.71 Å². The second kappa shape index (κ2) is 4.05. The van der Waals surface area contributed by atoms with Gasteiger partial charge in [-0.05, 0) is 18.0 Å². The number of rotatable bonds is 2. The fourth-order valence-electron chi connectivity index (χ4n) is 1.96. The lowest BCUT2D eigenvalue weighted by molar-refractivity contribution is 0.683. The second-order valence-electron chi connectivity index (χ2n) is 4.25. The van der Waals surface area contributed by atoms with Gasteiger partial charge in [0.25, 0.3) is 0 Å². The molecule has 0 aromatic heterocycles. The van der Waals surface area contributed by atoms with Gasteiger partial charge in [-0.1, -0.05) is 24.3 Å². The minimum absolute atomic E-state index is 0.610. The first-order valence-corrected chi connectivity index (χ1v) is 7.04. The van der Waals surface area contributed by atoms with E-state index in [1.807, 2.05) is 49.3 Å². The number of nitrogens with two attached hydrogens (primary N) is 1. The summed E-state index contributed by atoms with van der Waals surface area (Å²) in [6.07, 6.45) is 0. The van der Waals surface area contributed by atoms with Crippen LogP contribution < -0.4 is 10.0 Å². The predicted molar refractivity (Wildman–Crippen MR) is 76.0 cm³/mol. The third-order valence-electron chi connectivity index (χ3n) is 2.71. The number of hydrogen-bond donors (Lipinski definition) is 1. The quantitative estimate of drug-likeness (QED) is 0.825. The lowest BCUT2D eigenvalue weighted by Gasteiger charge is -2.17. The van der Waals surface area contributed by atoms with E-state index in [1.54, 1.807) is 6.07 Å². The largest absolute Gasteiger partial charge is 0.377 e. The van der Waals surface area contributed by atoms with Crippen molar-refractivity contribution in [1.29, 1.82) is 0 Å². The molecule has 2 N–H and O–H groups in total. The maximum Gasteiger partial charge on any atom is 0.0521 e. The molecule has 0 heterocycles. The van der Waals surface area contributed by atoms with Crippen molar-refractivity contribution in [2.45, 2.75) is 4.90 Å². The fraction of sp³-hybridized carbons (Fsp3) is 0.154. The van der Waals surface area contributed by atoms with Crippen molar-refractivity contribution >= 4 is 32.0 Å². The average Bonchev–Trinajstić information content (AvgIpc) is 2.26. The number of anilines is 1. The molecule has 0 amide bonds. The summed E-state index contributed by atoms with van der Waals surface area (Å²) in [6.45, 7) is 0. The van der Waals surface area contributed by atoms with Crippen LogP contribution in [0.3, 0.4) is 0 Å². The minimum Gasteiger partial charge on any atom is -0.377 e. The van der Waals surface area contributed by atoms with Gasteiger partial charge in [0.1, 0.15) is 0 Å². The highest BCUT2D eigenvalue weighted by molar-refractivity contribution is 7.98. The van der Waals surface area contributed by atoms with E-state index in [0.29, 0.717) is 4.90 Å². The van der Waals surface area contributed by atoms with E-state index in [2.05, 4.69) is 5.87 Å². The molecule has 0 aliphatic carbocycles. The van der Waals surface area contributed by atoms with Crippen LogP contribution in [0.15, 0.2) is 41.3 Å². The molecular weight excluding hydrogens is 232 g/mol. The summed E-state index contributed by atoms with van der Waals surface area (Å²) >= 11 is 0. The summed E-state index contributed by atoms with van der Waals surface area (Å²) in [5, 5.41) is 7.59. The van der Waals surface area contributed by atoms with Crippen LogP contribution >= 0.6 is 0 Å². The molecule has 90 valence electrons. The van der Waals surface area contributed by atoms with E-state index in [0.717, 1.165) is 16.5 Å². The van der Waals surface area contributed by atoms with Crippen LogP contribution in [0.2, 0.25) is 0 Å². The predicted octanol–water partition coefficient (Wildman–Crippen LogP) is 1.85. The van der Waals surface area contributed by atoms with Crippen molar-refractivity contribution in [1.82, 2.24) is 0 Å². The van der Waals surface area contributed by atoms with Crippen molar-refractivity contribution in [2.24, 2.45) is 5.14 Å². The molecule has 2 rings (SSSR count). The number of fused-ring (bicyclic) bond motifs is 1. The Balaban J connectivity index is 2.89. The second-order valence-corrected chi connectivity index (χ2v) is 6.14. The Morgan fingerprint density at radius 2 is 1.71 bits per heavy atom. The zero-order valence-corrected chi connectivity index (χ0v) is 10.8. The Bertz CT molecular complexity index is 660. The Morgan fingerprint density at radius 1 is 1.12 bits per heavy atom. The third kappa shape index (κ3) is 2.14. The molecule has 0 fully saturated rings. The van der Waals surface area contributed by atoms with Crippen LogP contribution in [0.5, 0.6) is 0 Å². The fourth-order valence-corrected chi connectivity index (χ4v) is 2.81. The Labute approximate surface area is 102 Å². The first kappa shape index (κ1) is 12.0. The van der Waals surface area contributed by atoms with Gasteiger partial charge in [0.2, 0.25) is 0 Å². The maximum atomic E-state index is 11.9. The third-order valence-corrected chi connectivity index (χ3v) is 3.81. The van der Waals surface area contributed by atoms with Crippen LogP contribution in [-0.4, -0.2) is 24.2 Å². The van der Waals surface area contributed by atoms with Crippen LogP contribution in [0.4, 0.5) is 5.69 Å². The lowest BCUT2D eigenvalue weighted by Crippen LogP contribution is -2.13. The molecule has 1 atom stereocenters. The average molecular weight is 248 g/mol. The van der Waals surface area contributed by atoms with Crippen molar-refractivity contribution < 1.29 is 4.21 Å². The molecule has 0 aliphatic rings. The van der Waals surface area contributed by atoms with Gasteiger partial charge >= 0.3 is 0 Å². The van der Waals surface area contributed by atoms with E-state index >= 15 is 0 Å². The Hall–Kier alpha value is -1.52. The van der Waals surface area contributed by atoms with Crippen molar-refractivity contribution in [3.8, 4) is 0 Å². The van der Waals surface area contributed by atoms with Gasteiger partial charge in [0.15, 0.2) is 0 Å². The molecule has 0 bridgehead atoms. The number of nitrogens with zero attached hydrogens (tertiary/aromatic N) is 1. The molecule has 3 nitrogen and oxygen atoms in total. The standard InChI is InChI=1S/C13H16N2OS/c1-15(2)12-8-4-7-11-10(12)6-5-9-13(11)17(3,14)16/h4-9H,3H2,1-2H3,(H2,14,16). The van der Waals surface area contributed by atoms with E-state index in [-0.39, 0.29) is 0 Å². The highest BCUT2D eigenvalue weighted by Crippen LogP contribution is 2.29. The summed E-state index contributed by atoms with van der Waals surface area (Å²) in [5.74, 6) is 3.56. The van der Waals surface area contributed by atoms with E-state index < -0.39 is 9.71 Å². The van der Waals surface area contributed by atoms with Crippen molar-refractivity contribution in [2.75, 3.05) is 19.0 Å². The van der Waals surface area contributed by atoms with Gasteiger partial charge in [-0.25, -0.2) is 4.21 Å². The van der Waals surface area contributed by atoms with Gasteiger partial charge in [0, 0.05) is 30.6 Å². The molecule has 0 saturated carbocycles. The summed E-state index contributed by atoms with van der Waals surface area (Å²) < 4.78 is 11.9. The molecule has 0 aliphatic heterocycles. The molecule has 1 unspecified atom stereocenters. The molecule has 2 aromatic rings. The van der Waals surface area contributed by atoms with Crippen molar-refractivity contribution in [3.05, 3.63) is 36.4 Å². The number of benzene rings is 2. The van der Waals surface area contributed by atoms with E-state index in [4.69, 9.17) is 5.14 Å². The number of hydrogen-bond acceptors (Lipinski definition) is 2.